The van der Waals surface area contributed by atoms with Crippen LogP contribution in [0.4, 0.5) is 13.2 Å². The zero-order valence-electron chi connectivity index (χ0n) is 11.5. The zero-order valence-corrected chi connectivity index (χ0v) is 11.5. The van der Waals surface area contributed by atoms with Gasteiger partial charge in [0, 0.05) is 11.8 Å². The van der Waals surface area contributed by atoms with Gasteiger partial charge in [-0.3, -0.25) is 9.78 Å². The number of nitrogens with one attached hydrogen (secondary N) is 1. The van der Waals surface area contributed by atoms with E-state index >= 15 is 0 Å². The van der Waals surface area contributed by atoms with Crippen molar-refractivity contribution in [3.63, 3.8) is 0 Å². The van der Waals surface area contributed by atoms with Crippen molar-refractivity contribution in [1.29, 1.82) is 0 Å². The molecule has 1 atom stereocenters. The highest BCUT2D eigenvalue weighted by molar-refractivity contribution is 5.94. The molecule has 0 saturated heterocycles. The molecule has 1 fully saturated rings. The van der Waals surface area contributed by atoms with Gasteiger partial charge in [-0.1, -0.05) is 0 Å². The maximum absolute atomic E-state index is 13.9. The molecule has 1 heterocycles. The van der Waals surface area contributed by atoms with Crippen molar-refractivity contribution in [2.24, 2.45) is 5.92 Å². The van der Waals surface area contributed by atoms with E-state index in [0.29, 0.717) is 0 Å². The molecule has 1 aliphatic rings. The molecule has 2 aromatic rings. The Labute approximate surface area is 125 Å². The van der Waals surface area contributed by atoms with Crippen LogP contribution in [0.3, 0.4) is 0 Å². The molecule has 0 spiro atoms. The van der Waals surface area contributed by atoms with Gasteiger partial charge in [-0.05, 0) is 43.0 Å². The first-order valence-corrected chi connectivity index (χ1v) is 6.91. The third-order valence-electron chi connectivity index (χ3n) is 3.69. The number of benzene rings is 1. The average molecular weight is 306 g/mol. The number of rotatable bonds is 4. The highest BCUT2D eigenvalue weighted by Gasteiger charge is 2.35. The Kier molecular flexibility index (Phi) is 3.83. The van der Waals surface area contributed by atoms with Crippen molar-refractivity contribution in [1.82, 2.24) is 10.3 Å². The van der Waals surface area contributed by atoms with E-state index in [0.717, 1.165) is 37.2 Å². The van der Waals surface area contributed by atoms with Crippen LogP contribution in [-0.4, -0.2) is 10.9 Å². The van der Waals surface area contributed by atoms with Crippen LogP contribution >= 0.6 is 0 Å². The largest absolute Gasteiger partial charge is 0.345 e. The second-order valence-electron chi connectivity index (χ2n) is 5.31. The summed E-state index contributed by atoms with van der Waals surface area (Å²) in [7, 11) is 0. The van der Waals surface area contributed by atoms with Crippen LogP contribution in [0.25, 0.3) is 0 Å². The van der Waals surface area contributed by atoms with E-state index in [2.05, 4.69) is 10.3 Å². The molecule has 6 heteroatoms. The second-order valence-corrected chi connectivity index (χ2v) is 5.31. The van der Waals surface area contributed by atoms with E-state index in [-0.39, 0.29) is 17.0 Å². The van der Waals surface area contributed by atoms with Gasteiger partial charge in [0.2, 0.25) is 0 Å². The molecule has 0 radical (unpaired) electrons. The maximum Gasteiger partial charge on any atom is 0.254 e. The lowest BCUT2D eigenvalue weighted by molar-refractivity contribution is 0.0926. The molecule has 1 aromatic carbocycles. The van der Waals surface area contributed by atoms with Gasteiger partial charge in [0.25, 0.3) is 5.91 Å². The summed E-state index contributed by atoms with van der Waals surface area (Å²) < 4.78 is 40.9. The van der Waals surface area contributed by atoms with Crippen LogP contribution in [0.2, 0.25) is 0 Å². The molecule has 1 N–H and O–H groups in total. The van der Waals surface area contributed by atoms with Crippen LogP contribution in [0.5, 0.6) is 0 Å². The average Bonchev–Trinajstić information content (AvgIpc) is 3.32. The van der Waals surface area contributed by atoms with Gasteiger partial charge in [-0.25, -0.2) is 13.2 Å². The van der Waals surface area contributed by atoms with E-state index in [1.54, 1.807) is 0 Å². The van der Waals surface area contributed by atoms with Gasteiger partial charge in [0.05, 0.1) is 17.8 Å². The highest BCUT2D eigenvalue weighted by atomic mass is 19.1. The quantitative estimate of drug-likeness (QED) is 0.941. The molecule has 1 amide bonds. The standard InChI is InChI=1S/C16H13F3N2O/c17-10-3-4-13(18)12(7-10)15(9-1-2-9)21-16(22)11-5-6-20-8-14(11)19/h3-9,15H,1-2H2,(H,21,22). The van der Waals surface area contributed by atoms with Crippen LogP contribution in [0, 0.1) is 23.4 Å². The van der Waals surface area contributed by atoms with E-state index in [9.17, 15) is 18.0 Å². The molecular weight excluding hydrogens is 293 g/mol. The Hall–Kier alpha value is -2.37. The summed E-state index contributed by atoms with van der Waals surface area (Å²) >= 11 is 0. The van der Waals surface area contributed by atoms with Crippen molar-refractivity contribution in [2.45, 2.75) is 18.9 Å². The third kappa shape index (κ3) is 2.95. The lowest BCUT2D eigenvalue weighted by atomic mass is 10.0. The molecule has 3 rings (SSSR count). The predicted octanol–water partition coefficient (Wildman–Crippen LogP) is 3.38. The molecule has 1 unspecified atom stereocenters. The van der Waals surface area contributed by atoms with Gasteiger partial charge < -0.3 is 5.32 Å². The Morgan fingerprint density at radius 2 is 1.95 bits per heavy atom. The predicted molar refractivity (Wildman–Crippen MR) is 73.5 cm³/mol. The fourth-order valence-electron chi connectivity index (χ4n) is 2.41. The van der Waals surface area contributed by atoms with Crippen LogP contribution in [0.1, 0.15) is 34.8 Å². The van der Waals surface area contributed by atoms with Gasteiger partial charge in [0.15, 0.2) is 5.82 Å². The van der Waals surface area contributed by atoms with Gasteiger partial charge in [0.1, 0.15) is 11.6 Å². The lowest BCUT2D eigenvalue weighted by Crippen LogP contribution is -2.31. The smallest absolute Gasteiger partial charge is 0.254 e. The number of carbonyl (C=O) groups is 1. The number of pyridine rings is 1. The van der Waals surface area contributed by atoms with Crippen molar-refractivity contribution >= 4 is 5.91 Å². The van der Waals surface area contributed by atoms with Crippen molar-refractivity contribution in [3.8, 4) is 0 Å². The van der Waals surface area contributed by atoms with Gasteiger partial charge >= 0.3 is 0 Å². The number of aromatic nitrogens is 1. The summed E-state index contributed by atoms with van der Waals surface area (Å²) in [4.78, 5) is 15.8. The molecule has 0 aliphatic heterocycles. The third-order valence-corrected chi connectivity index (χ3v) is 3.69. The first kappa shape index (κ1) is 14.6. The van der Waals surface area contributed by atoms with Crippen molar-refractivity contribution in [2.75, 3.05) is 0 Å². The molecule has 3 nitrogen and oxygen atoms in total. The number of nitrogens with zero attached hydrogens (tertiary/aromatic N) is 1. The summed E-state index contributed by atoms with van der Waals surface area (Å²) in [6, 6.07) is 3.69. The number of carbonyl (C=O) groups excluding carboxylic acids is 1. The van der Waals surface area contributed by atoms with E-state index in [4.69, 9.17) is 0 Å². The van der Waals surface area contributed by atoms with Crippen LogP contribution < -0.4 is 5.32 Å². The zero-order chi connectivity index (χ0) is 15.7. The first-order valence-electron chi connectivity index (χ1n) is 6.91. The Morgan fingerprint density at radius 3 is 2.64 bits per heavy atom. The fourth-order valence-corrected chi connectivity index (χ4v) is 2.41. The van der Waals surface area contributed by atoms with Crippen molar-refractivity contribution in [3.05, 3.63) is 65.2 Å². The molecule has 0 bridgehead atoms. The molecule has 1 saturated carbocycles. The Morgan fingerprint density at radius 1 is 1.18 bits per heavy atom. The molecule has 1 aromatic heterocycles. The van der Waals surface area contributed by atoms with E-state index in [1.165, 1.54) is 12.3 Å². The Balaban J connectivity index is 1.88. The molecule has 22 heavy (non-hydrogen) atoms. The van der Waals surface area contributed by atoms with Crippen LogP contribution in [-0.2, 0) is 0 Å². The SMILES string of the molecule is O=C(NC(c1cc(F)ccc1F)C1CC1)c1ccncc1F. The number of amides is 1. The highest BCUT2D eigenvalue weighted by Crippen LogP contribution is 2.42. The number of halogens is 3. The molecule has 1 aliphatic carbocycles. The summed E-state index contributed by atoms with van der Waals surface area (Å²) in [5.74, 6) is -2.56. The topological polar surface area (TPSA) is 42.0 Å². The van der Waals surface area contributed by atoms with Gasteiger partial charge in [-0.15, -0.1) is 0 Å². The fraction of sp³-hybridized carbons (Fsp3) is 0.250. The summed E-state index contributed by atoms with van der Waals surface area (Å²) in [6.07, 6.45) is 3.84. The van der Waals surface area contributed by atoms with E-state index < -0.39 is 29.4 Å². The normalized spacial score (nSPS) is 15.4. The summed E-state index contributed by atoms with van der Waals surface area (Å²) in [5.41, 5.74) is -0.0808. The minimum absolute atomic E-state index is 0.0325. The number of hydrogen-bond donors (Lipinski definition) is 1. The first-order chi connectivity index (χ1) is 10.6. The van der Waals surface area contributed by atoms with Crippen LogP contribution in [0.15, 0.2) is 36.7 Å². The molecule has 114 valence electrons. The molecular formula is C16H13F3N2O. The second kappa shape index (κ2) is 5.79. The minimum Gasteiger partial charge on any atom is -0.345 e. The minimum atomic E-state index is -0.755. The summed E-state index contributed by atoms with van der Waals surface area (Å²) in [6.45, 7) is 0. The Bertz CT molecular complexity index is 716. The number of hydrogen-bond acceptors (Lipinski definition) is 2. The lowest BCUT2D eigenvalue weighted by Gasteiger charge is -2.19. The van der Waals surface area contributed by atoms with E-state index in [1.807, 2.05) is 0 Å². The maximum atomic E-state index is 13.9. The van der Waals surface area contributed by atoms with Gasteiger partial charge in [-0.2, -0.15) is 0 Å². The van der Waals surface area contributed by atoms with Crippen molar-refractivity contribution < 1.29 is 18.0 Å². The summed E-state index contributed by atoms with van der Waals surface area (Å²) in [5, 5.41) is 2.61. The monoisotopic (exact) mass is 306 g/mol.